The number of hydrogen-bond acceptors (Lipinski definition) is 4. The fourth-order valence-electron chi connectivity index (χ4n) is 0.745. The summed E-state index contributed by atoms with van der Waals surface area (Å²) in [5.74, 6) is -0.319. The minimum Gasteiger partial charge on any atom is -0.520 e. The van der Waals surface area contributed by atoms with Crippen LogP contribution in [0.1, 0.15) is 12.8 Å². The SMILES string of the molecule is C[Si](C)(C)OC(=O)CCC[N+](=O)[O-]. The molecule has 0 unspecified atom stereocenters. The Morgan fingerprint density at radius 1 is 1.46 bits per heavy atom. The second-order valence-corrected chi connectivity index (χ2v) is 8.18. The molecule has 0 saturated heterocycles. The molecule has 0 heterocycles. The molecule has 0 aromatic heterocycles. The third kappa shape index (κ3) is 9.00. The summed E-state index contributed by atoms with van der Waals surface area (Å²) >= 11 is 0. The summed E-state index contributed by atoms with van der Waals surface area (Å²) < 4.78 is 5.10. The maximum atomic E-state index is 11.0. The lowest BCUT2D eigenvalue weighted by molar-refractivity contribution is -0.480. The van der Waals surface area contributed by atoms with E-state index in [1.807, 2.05) is 19.6 Å². The van der Waals surface area contributed by atoms with Gasteiger partial charge in [-0.3, -0.25) is 14.9 Å². The molecule has 0 aromatic rings. The van der Waals surface area contributed by atoms with Gasteiger partial charge < -0.3 is 4.43 Å². The first-order chi connectivity index (χ1) is 5.81. The van der Waals surface area contributed by atoms with Crippen LogP contribution in [0.15, 0.2) is 0 Å². The highest BCUT2D eigenvalue weighted by Crippen LogP contribution is 2.05. The van der Waals surface area contributed by atoms with Gasteiger partial charge in [0.15, 0.2) is 0 Å². The van der Waals surface area contributed by atoms with Crippen molar-refractivity contribution in [2.24, 2.45) is 0 Å². The molecule has 6 heteroatoms. The van der Waals surface area contributed by atoms with E-state index in [4.69, 9.17) is 4.43 Å². The zero-order valence-corrected chi connectivity index (χ0v) is 9.20. The normalized spacial score (nSPS) is 11.0. The van der Waals surface area contributed by atoms with E-state index < -0.39 is 13.2 Å². The third-order valence-corrected chi connectivity index (χ3v) is 1.98. The molecule has 0 aliphatic heterocycles. The van der Waals surface area contributed by atoms with Gasteiger partial charge in [-0.05, 0) is 19.6 Å². The van der Waals surface area contributed by atoms with Gasteiger partial charge in [-0.25, -0.2) is 0 Å². The Morgan fingerprint density at radius 3 is 2.38 bits per heavy atom. The summed E-state index contributed by atoms with van der Waals surface area (Å²) in [6.07, 6.45) is 0.404. The Morgan fingerprint density at radius 2 is 2.00 bits per heavy atom. The summed E-state index contributed by atoms with van der Waals surface area (Å²) in [6, 6.07) is 0. The highest BCUT2D eigenvalue weighted by Gasteiger charge is 2.19. The largest absolute Gasteiger partial charge is 0.520 e. The zero-order chi connectivity index (χ0) is 10.5. The lowest BCUT2D eigenvalue weighted by atomic mass is 10.3. The summed E-state index contributed by atoms with van der Waals surface area (Å²) in [7, 11) is -1.82. The van der Waals surface area contributed by atoms with Crippen LogP contribution in [0.25, 0.3) is 0 Å². The van der Waals surface area contributed by atoms with Gasteiger partial charge in [0.1, 0.15) is 0 Å². The number of rotatable bonds is 5. The van der Waals surface area contributed by atoms with Gasteiger partial charge in [-0.1, -0.05) is 0 Å². The van der Waals surface area contributed by atoms with E-state index in [2.05, 4.69) is 0 Å². The van der Waals surface area contributed by atoms with Crippen molar-refractivity contribution in [2.75, 3.05) is 6.54 Å². The molecule has 0 radical (unpaired) electrons. The number of hydrogen-bond donors (Lipinski definition) is 0. The van der Waals surface area contributed by atoms with Crippen molar-refractivity contribution >= 4 is 14.3 Å². The quantitative estimate of drug-likeness (QED) is 0.386. The molecule has 13 heavy (non-hydrogen) atoms. The standard InChI is InChI=1S/C7H15NO4Si/c1-13(2,3)12-7(9)5-4-6-8(10)11/h4-6H2,1-3H3. The van der Waals surface area contributed by atoms with Crippen LogP contribution >= 0.6 is 0 Å². The van der Waals surface area contributed by atoms with Gasteiger partial charge >= 0.3 is 0 Å². The number of carbonyl (C=O) groups is 1. The van der Waals surface area contributed by atoms with Gasteiger partial charge in [0.05, 0.1) is 6.42 Å². The Kier molecular flexibility index (Phi) is 4.61. The highest BCUT2D eigenvalue weighted by molar-refractivity contribution is 6.71. The molecule has 0 atom stereocenters. The predicted octanol–water partition coefficient (Wildman–Crippen LogP) is 1.42. The molecular formula is C7H15NO4Si. The van der Waals surface area contributed by atoms with Crippen molar-refractivity contribution in [1.29, 1.82) is 0 Å². The fraction of sp³-hybridized carbons (Fsp3) is 0.857. The number of nitrogens with zero attached hydrogens (tertiary/aromatic N) is 1. The molecule has 0 N–H and O–H groups in total. The first-order valence-electron chi connectivity index (χ1n) is 4.15. The van der Waals surface area contributed by atoms with Crippen LogP contribution in [0.3, 0.4) is 0 Å². The average molecular weight is 205 g/mol. The molecule has 0 fully saturated rings. The monoisotopic (exact) mass is 205 g/mol. The lowest BCUT2D eigenvalue weighted by Gasteiger charge is -2.16. The van der Waals surface area contributed by atoms with Crippen molar-refractivity contribution in [1.82, 2.24) is 0 Å². The lowest BCUT2D eigenvalue weighted by Crippen LogP contribution is -2.29. The molecule has 0 saturated carbocycles. The van der Waals surface area contributed by atoms with Crippen LogP contribution in [0, 0.1) is 10.1 Å². The molecule has 76 valence electrons. The molecule has 5 nitrogen and oxygen atoms in total. The first-order valence-corrected chi connectivity index (χ1v) is 7.56. The van der Waals surface area contributed by atoms with Crippen LogP contribution in [0.2, 0.25) is 19.6 Å². The van der Waals surface area contributed by atoms with Gasteiger partial charge in [0.2, 0.25) is 14.9 Å². The molecule has 0 aliphatic carbocycles. The summed E-state index contributed by atoms with van der Waals surface area (Å²) in [5.41, 5.74) is 0. The minimum absolute atomic E-state index is 0.144. The second kappa shape index (κ2) is 4.96. The summed E-state index contributed by atoms with van der Waals surface area (Å²) in [5, 5.41) is 9.93. The average Bonchev–Trinajstić information content (AvgIpc) is 1.81. The molecule has 0 amide bonds. The van der Waals surface area contributed by atoms with Crippen molar-refractivity contribution in [3.05, 3.63) is 10.1 Å². The van der Waals surface area contributed by atoms with Crippen LogP contribution in [-0.4, -0.2) is 25.8 Å². The molecule has 0 rings (SSSR count). The maximum Gasteiger partial charge on any atom is 0.292 e. The topological polar surface area (TPSA) is 69.4 Å². The van der Waals surface area contributed by atoms with Crippen LogP contribution in [0.4, 0.5) is 0 Å². The van der Waals surface area contributed by atoms with Gasteiger partial charge in [0, 0.05) is 11.3 Å². The molecule has 0 aliphatic rings. The van der Waals surface area contributed by atoms with E-state index in [0.717, 1.165) is 0 Å². The van der Waals surface area contributed by atoms with E-state index in [0.29, 0.717) is 0 Å². The molecular weight excluding hydrogens is 190 g/mol. The van der Waals surface area contributed by atoms with E-state index in [-0.39, 0.29) is 25.4 Å². The van der Waals surface area contributed by atoms with Crippen LogP contribution in [0.5, 0.6) is 0 Å². The Hall–Kier alpha value is -0.913. The van der Waals surface area contributed by atoms with E-state index in [1.165, 1.54) is 0 Å². The number of nitro groups is 1. The van der Waals surface area contributed by atoms with Crippen molar-refractivity contribution in [3.63, 3.8) is 0 Å². The van der Waals surface area contributed by atoms with Crippen molar-refractivity contribution in [2.45, 2.75) is 32.5 Å². The van der Waals surface area contributed by atoms with Crippen molar-refractivity contribution in [3.8, 4) is 0 Å². The van der Waals surface area contributed by atoms with Gasteiger partial charge in [-0.15, -0.1) is 0 Å². The fourth-order valence-corrected chi connectivity index (χ4v) is 1.53. The van der Waals surface area contributed by atoms with Crippen LogP contribution in [-0.2, 0) is 9.22 Å². The maximum absolute atomic E-state index is 11.0. The van der Waals surface area contributed by atoms with E-state index >= 15 is 0 Å². The Bertz CT molecular complexity index is 199. The Balaban J connectivity index is 3.59. The predicted molar refractivity (Wildman–Crippen MR) is 50.5 cm³/mol. The number of carbonyl (C=O) groups excluding carboxylic acids is 1. The van der Waals surface area contributed by atoms with Gasteiger partial charge in [0.25, 0.3) is 5.97 Å². The second-order valence-electron chi connectivity index (χ2n) is 3.75. The highest BCUT2D eigenvalue weighted by atomic mass is 28.4. The van der Waals surface area contributed by atoms with Gasteiger partial charge in [-0.2, -0.15) is 0 Å². The third-order valence-electron chi connectivity index (χ3n) is 1.14. The first kappa shape index (κ1) is 12.1. The van der Waals surface area contributed by atoms with E-state index in [9.17, 15) is 14.9 Å². The van der Waals surface area contributed by atoms with E-state index in [1.54, 1.807) is 0 Å². The van der Waals surface area contributed by atoms with Crippen molar-refractivity contribution < 1.29 is 14.1 Å². The smallest absolute Gasteiger partial charge is 0.292 e. The van der Waals surface area contributed by atoms with Crippen LogP contribution < -0.4 is 0 Å². The summed E-state index contributed by atoms with van der Waals surface area (Å²) in [6.45, 7) is 5.54. The summed E-state index contributed by atoms with van der Waals surface area (Å²) in [4.78, 5) is 20.5. The molecule has 0 spiro atoms. The molecule has 0 bridgehead atoms. The Labute approximate surface area is 78.4 Å². The molecule has 0 aromatic carbocycles. The minimum atomic E-state index is -1.82. The zero-order valence-electron chi connectivity index (χ0n) is 8.20.